The smallest absolute Gasteiger partial charge is 0.228 e. The molecular formula is C23H28N4O. The highest BCUT2D eigenvalue weighted by atomic mass is 16.5. The number of hydrogen-bond acceptors (Lipinski definition) is 5. The molecule has 0 amide bonds. The van der Waals surface area contributed by atoms with Crippen LogP contribution in [0, 0.1) is 13.8 Å². The van der Waals surface area contributed by atoms with Gasteiger partial charge in [-0.3, -0.25) is 0 Å². The molecule has 0 aliphatic rings. The zero-order valence-corrected chi connectivity index (χ0v) is 17.2. The van der Waals surface area contributed by atoms with E-state index in [0.29, 0.717) is 5.95 Å². The maximum Gasteiger partial charge on any atom is 0.228 e. The molecule has 2 aromatic carbocycles. The standard InChI is InChI=1S/C23H28N4O/c1-16(2)27(15-19-9-7-6-8-10-19)23-24-18(4)14-22(26-23)25-20-13-17(3)11-12-21(20)28-5/h6-14,16H,15H2,1-5H3,(H,24,25,26). The number of ether oxygens (including phenoxy) is 1. The highest BCUT2D eigenvalue weighted by Crippen LogP contribution is 2.29. The largest absolute Gasteiger partial charge is 0.495 e. The molecule has 1 heterocycles. The minimum Gasteiger partial charge on any atom is -0.495 e. The molecule has 146 valence electrons. The molecule has 3 aromatic rings. The van der Waals surface area contributed by atoms with Crippen LogP contribution in [0.15, 0.2) is 54.6 Å². The quantitative estimate of drug-likeness (QED) is 0.609. The number of benzene rings is 2. The summed E-state index contributed by atoms with van der Waals surface area (Å²) in [5.74, 6) is 2.26. The topological polar surface area (TPSA) is 50.3 Å². The van der Waals surface area contributed by atoms with Gasteiger partial charge in [-0.05, 0) is 51.0 Å². The van der Waals surface area contributed by atoms with Crippen molar-refractivity contribution in [1.82, 2.24) is 9.97 Å². The Labute approximate surface area is 167 Å². The zero-order chi connectivity index (χ0) is 20.1. The molecule has 5 heteroatoms. The van der Waals surface area contributed by atoms with Gasteiger partial charge < -0.3 is 15.0 Å². The molecule has 28 heavy (non-hydrogen) atoms. The first-order valence-corrected chi connectivity index (χ1v) is 9.54. The van der Waals surface area contributed by atoms with Crippen LogP contribution in [0.4, 0.5) is 17.5 Å². The average molecular weight is 377 g/mol. The monoisotopic (exact) mass is 376 g/mol. The second-order valence-corrected chi connectivity index (χ2v) is 7.23. The fourth-order valence-electron chi connectivity index (χ4n) is 3.07. The van der Waals surface area contributed by atoms with Gasteiger partial charge in [0.05, 0.1) is 12.8 Å². The molecule has 0 fully saturated rings. The highest BCUT2D eigenvalue weighted by Gasteiger charge is 2.16. The Hall–Kier alpha value is -3.08. The SMILES string of the molecule is COc1ccc(C)cc1Nc1cc(C)nc(N(Cc2ccccc2)C(C)C)n1. The maximum absolute atomic E-state index is 5.48. The number of hydrogen-bond donors (Lipinski definition) is 1. The van der Waals surface area contributed by atoms with E-state index in [1.165, 1.54) is 5.56 Å². The van der Waals surface area contributed by atoms with Crippen LogP contribution in [0.1, 0.15) is 30.7 Å². The lowest BCUT2D eigenvalue weighted by Crippen LogP contribution is -2.32. The van der Waals surface area contributed by atoms with Crippen molar-refractivity contribution in [2.45, 2.75) is 40.3 Å². The van der Waals surface area contributed by atoms with Gasteiger partial charge in [-0.2, -0.15) is 4.98 Å². The molecule has 0 bridgehead atoms. The summed E-state index contributed by atoms with van der Waals surface area (Å²) in [4.78, 5) is 11.7. The van der Waals surface area contributed by atoms with E-state index in [-0.39, 0.29) is 6.04 Å². The number of methoxy groups -OCH3 is 1. The van der Waals surface area contributed by atoms with E-state index in [4.69, 9.17) is 14.7 Å². The van der Waals surface area contributed by atoms with Crippen LogP contribution in [0.5, 0.6) is 5.75 Å². The summed E-state index contributed by atoms with van der Waals surface area (Å²) >= 11 is 0. The molecule has 0 aliphatic heterocycles. The van der Waals surface area contributed by atoms with Gasteiger partial charge in [0.1, 0.15) is 11.6 Å². The summed E-state index contributed by atoms with van der Waals surface area (Å²) < 4.78 is 5.48. The first-order valence-electron chi connectivity index (χ1n) is 9.54. The summed E-state index contributed by atoms with van der Waals surface area (Å²) in [7, 11) is 1.67. The molecule has 0 radical (unpaired) electrons. The Kier molecular flexibility index (Phi) is 6.14. The third-order valence-electron chi connectivity index (χ3n) is 4.54. The van der Waals surface area contributed by atoms with Crippen LogP contribution in [0.2, 0.25) is 0 Å². The lowest BCUT2D eigenvalue weighted by atomic mass is 10.2. The lowest BCUT2D eigenvalue weighted by molar-refractivity contribution is 0.416. The van der Waals surface area contributed by atoms with Gasteiger partial charge in [0.2, 0.25) is 5.95 Å². The van der Waals surface area contributed by atoms with Crippen LogP contribution < -0.4 is 15.0 Å². The van der Waals surface area contributed by atoms with Gasteiger partial charge in [-0.1, -0.05) is 36.4 Å². The van der Waals surface area contributed by atoms with E-state index >= 15 is 0 Å². The fourth-order valence-corrected chi connectivity index (χ4v) is 3.07. The molecule has 1 aromatic heterocycles. The molecule has 0 unspecified atom stereocenters. The maximum atomic E-state index is 5.48. The summed E-state index contributed by atoms with van der Waals surface area (Å²) in [6.45, 7) is 9.12. The van der Waals surface area contributed by atoms with Crippen molar-refractivity contribution >= 4 is 17.5 Å². The van der Waals surface area contributed by atoms with Gasteiger partial charge >= 0.3 is 0 Å². The van der Waals surface area contributed by atoms with E-state index in [2.05, 4.69) is 61.3 Å². The number of rotatable bonds is 7. The lowest BCUT2D eigenvalue weighted by Gasteiger charge is -2.27. The fraction of sp³-hybridized carbons (Fsp3) is 0.304. The van der Waals surface area contributed by atoms with Gasteiger partial charge in [0.25, 0.3) is 0 Å². The van der Waals surface area contributed by atoms with Gasteiger partial charge in [0.15, 0.2) is 0 Å². The van der Waals surface area contributed by atoms with Crippen LogP contribution in [-0.2, 0) is 6.54 Å². The number of aryl methyl sites for hydroxylation is 2. The first-order chi connectivity index (χ1) is 13.5. The summed E-state index contributed by atoms with van der Waals surface area (Å²) in [5.41, 5.74) is 4.20. The Morgan fingerprint density at radius 3 is 2.43 bits per heavy atom. The summed E-state index contributed by atoms with van der Waals surface area (Å²) in [5, 5.41) is 3.40. The molecule has 0 aliphatic carbocycles. The molecular weight excluding hydrogens is 348 g/mol. The first kappa shape index (κ1) is 19.7. The summed E-state index contributed by atoms with van der Waals surface area (Å²) in [6, 6.07) is 18.7. The Morgan fingerprint density at radius 1 is 1.00 bits per heavy atom. The average Bonchev–Trinajstić information content (AvgIpc) is 2.66. The number of nitrogens with zero attached hydrogens (tertiary/aromatic N) is 3. The van der Waals surface area contributed by atoms with Crippen molar-refractivity contribution in [3.8, 4) is 5.75 Å². The molecule has 3 rings (SSSR count). The highest BCUT2D eigenvalue weighted by molar-refractivity contribution is 5.66. The van der Waals surface area contributed by atoms with E-state index in [1.807, 2.05) is 31.2 Å². The van der Waals surface area contributed by atoms with Crippen molar-refractivity contribution in [3.05, 3.63) is 71.4 Å². The van der Waals surface area contributed by atoms with E-state index in [9.17, 15) is 0 Å². The van der Waals surface area contributed by atoms with Crippen LogP contribution in [0.3, 0.4) is 0 Å². The van der Waals surface area contributed by atoms with E-state index in [0.717, 1.165) is 35.1 Å². The van der Waals surface area contributed by atoms with Crippen molar-refractivity contribution in [2.75, 3.05) is 17.3 Å². The van der Waals surface area contributed by atoms with Crippen LogP contribution in [0.25, 0.3) is 0 Å². The third-order valence-corrected chi connectivity index (χ3v) is 4.54. The normalized spacial score (nSPS) is 10.8. The molecule has 0 saturated carbocycles. The second kappa shape index (κ2) is 8.74. The Bertz CT molecular complexity index is 925. The number of nitrogens with one attached hydrogen (secondary N) is 1. The molecule has 0 spiro atoms. The predicted molar refractivity (Wildman–Crippen MR) is 116 cm³/mol. The van der Waals surface area contributed by atoms with E-state index < -0.39 is 0 Å². The van der Waals surface area contributed by atoms with Crippen molar-refractivity contribution < 1.29 is 4.74 Å². The second-order valence-electron chi connectivity index (χ2n) is 7.23. The predicted octanol–water partition coefficient (Wildman–Crippen LogP) is 5.26. The molecule has 1 N–H and O–H groups in total. The van der Waals surface area contributed by atoms with Gasteiger partial charge in [-0.15, -0.1) is 0 Å². The third kappa shape index (κ3) is 4.80. The summed E-state index contributed by atoms with van der Waals surface area (Å²) in [6.07, 6.45) is 0. The van der Waals surface area contributed by atoms with Gasteiger partial charge in [0, 0.05) is 24.3 Å². The minimum atomic E-state index is 0.267. The van der Waals surface area contributed by atoms with Crippen LogP contribution >= 0.6 is 0 Å². The minimum absolute atomic E-state index is 0.267. The Morgan fingerprint density at radius 2 is 1.75 bits per heavy atom. The zero-order valence-electron chi connectivity index (χ0n) is 17.2. The van der Waals surface area contributed by atoms with Gasteiger partial charge in [-0.25, -0.2) is 4.98 Å². The molecule has 5 nitrogen and oxygen atoms in total. The van der Waals surface area contributed by atoms with Crippen molar-refractivity contribution in [3.63, 3.8) is 0 Å². The Balaban J connectivity index is 1.92. The molecule has 0 atom stereocenters. The number of anilines is 3. The molecule has 0 saturated heterocycles. The van der Waals surface area contributed by atoms with E-state index in [1.54, 1.807) is 7.11 Å². The number of aromatic nitrogens is 2. The van der Waals surface area contributed by atoms with Crippen molar-refractivity contribution in [1.29, 1.82) is 0 Å². The van der Waals surface area contributed by atoms with Crippen LogP contribution in [-0.4, -0.2) is 23.1 Å². The van der Waals surface area contributed by atoms with Crippen molar-refractivity contribution in [2.24, 2.45) is 0 Å².